The minimum absolute atomic E-state index is 0.192. The van der Waals surface area contributed by atoms with Gasteiger partial charge in [-0.15, -0.1) is 0 Å². The van der Waals surface area contributed by atoms with E-state index >= 15 is 0 Å². The minimum Gasteiger partial charge on any atom is -0.359 e. The van der Waals surface area contributed by atoms with E-state index in [-0.39, 0.29) is 6.04 Å². The lowest BCUT2D eigenvalue weighted by Crippen LogP contribution is -2.31. The third-order valence-corrected chi connectivity index (χ3v) is 11.6. The van der Waals surface area contributed by atoms with Gasteiger partial charge in [0.05, 0.1) is 11.7 Å². The van der Waals surface area contributed by atoms with E-state index in [2.05, 4.69) is 163 Å². The Morgan fingerprint density at radius 2 is 0.774 bits per heavy atom. The third-order valence-electron chi connectivity index (χ3n) is 11.6. The van der Waals surface area contributed by atoms with Gasteiger partial charge in [0.2, 0.25) is 0 Å². The number of hydrogen-bond donors (Lipinski definition) is 1. The average molecular weight is 794 g/mol. The Labute approximate surface area is 360 Å². The SMILES string of the molecule is C1=C(c2ccc3ccccc3c2-c2ccc(-c3nc(-c4ccccc4)nc(-c4ccccc4)n3)cc2)N=C(c2ccccc2)NC1c1c(-c2ccccc2)ccc2ccccc12. The molecule has 1 unspecified atom stereocenters. The summed E-state index contributed by atoms with van der Waals surface area (Å²) >= 11 is 0. The maximum absolute atomic E-state index is 5.46. The molecule has 2 heterocycles. The predicted molar refractivity (Wildman–Crippen MR) is 255 cm³/mol. The van der Waals surface area contributed by atoms with Crippen molar-refractivity contribution in [3.05, 3.63) is 241 Å². The van der Waals surface area contributed by atoms with Gasteiger partial charge in [0.25, 0.3) is 0 Å². The average Bonchev–Trinajstić information content (AvgIpc) is 3.36. The van der Waals surface area contributed by atoms with Crippen LogP contribution in [0.5, 0.6) is 0 Å². The second kappa shape index (κ2) is 16.1. The molecule has 1 aliphatic heterocycles. The monoisotopic (exact) mass is 793 g/mol. The second-order valence-electron chi connectivity index (χ2n) is 15.4. The lowest BCUT2D eigenvalue weighted by Gasteiger charge is -2.28. The summed E-state index contributed by atoms with van der Waals surface area (Å²) in [4.78, 5) is 20.4. The summed E-state index contributed by atoms with van der Waals surface area (Å²) in [5.74, 6) is 2.72. The summed E-state index contributed by atoms with van der Waals surface area (Å²) < 4.78 is 0. The van der Waals surface area contributed by atoms with Gasteiger partial charge < -0.3 is 5.32 Å². The van der Waals surface area contributed by atoms with Crippen molar-refractivity contribution in [2.75, 3.05) is 0 Å². The summed E-state index contributed by atoms with van der Waals surface area (Å²) in [6.07, 6.45) is 2.31. The van der Waals surface area contributed by atoms with Gasteiger partial charge in [-0.05, 0) is 55.4 Å². The molecule has 0 fully saturated rings. The smallest absolute Gasteiger partial charge is 0.164 e. The molecule has 62 heavy (non-hydrogen) atoms. The van der Waals surface area contributed by atoms with E-state index in [9.17, 15) is 0 Å². The maximum atomic E-state index is 5.46. The first-order valence-corrected chi connectivity index (χ1v) is 20.9. The van der Waals surface area contributed by atoms with Crippen molar-refractivity contribution < 1.29 is 0 Å². The van der Waals surface area contributed by atoms with Crippen molar-refractivity contribution in [2.45, 2.75) is 6.04 Å². The minimum atomic E-state index is -0.192. The molecule has 0 bridgehead atoms. The van der Waals surface area contributed by atoms with Crippen LogP contribution in [0.3, 0.4) is 0 Å². The first-order valence-electron chi connectivity index (χ1n) is 20.9. The lowest BCUT2D eigenvalue weighted by molar-refractivity contribution is 0.789. The zero-order valence-electron chi connectivity index (χ0n) is 33.7. The van der Waals surface area contributed by atoms with Crippen LogP contribution in [0.25, 0.3) is 83.7 Å². The van der Waals surface area contributed by atoms with Crippen LogP contribution in [0.1, 0.15) is 22.7 Å². The zero-order chi connectivity index (χ0) is 41.2. The van der Waals surface area contributed by atoms with Gasteiger partial charge in [0.1, 0.15) is 5.84 Å². The van der Waals surface area contributed by atoms with Crippen molar-refractivity contribution in [1.82, 2.24) is 20.3 Å². The Hall–Kier alpha value is -8.28. The molecule has 1 aliphatic rings. The summed E-state index contributed by atoms with van der Waals surface area (Å²) in [5.41, 5.74) is 11.5. The number of hydrogen-bond acceptors (Lipinski definition) is 5. The summed E-state index contributed by atoms with van der Waals surface area (Å²) in [6.45, 7) is 0. The number of fused-ring (bicyclic) bond motifs is 2. The molecule has 0 radical (unpaired) electrons. The highest BCUT2D eigenvalue weighted by atomic mass is 15.1. The molecule has 0 saturated carbocycles. The Kier molecular flexibility index (Phi) is 9.52. The highest BCUT2D eigenvalue weighted by molar-refractivity contribution is 6.08. The van der Waals surface area contributed by atoms with Crippen LogP contribution in [0.15, 0.2) is 229 Å². The van der Waals surface area contributed by atoms with Gasteiger partial charge in [-0.3, -0.25) is 0 Å². The van der Waals surface area contributed by atoms with Crippen molar-refractivity contribution in [2.24, 2.45) is 4.99 Å². The van der Waals surface area contributed by atoms with E-state index in [1.807, 2.05) is 66.7 Å². The normalized spacial score (nSPS) is 13.6. The van der Waals surface area contributed by atoms with E-state index in [4.69, 9.17) is 19.9 Å². The fourth-order valence-electron chi connectivity index (χ4n) is 8.61. The lowest BCUT2D eigenvalue weighted by atomic mass is 9.87. The predicted octanol–water partition coefficient (Wildman–Crippen LogP) is 13.6. The van der Waals surface area contributed by atoms with Gasteiger partial charge in [0, 0.05) is 27.8 Å². The van der Waals surface area contributed by atoms with Crippen LogP contribution in [-0.2, 0) is 0 Å². The molecule has 292 valence electrons. The zero-order valence-corrected chi connectivity index (χ0v) is 33.7. The number of nitrogens with zero attached hydrogens (tertiary/aromatic N) is 4. The molecule has 0 amide bonds. The number of amidine groups is 1. The quantitative estimate of drug-likeness (QED) is 0.166. The molecule has 0 saturated heterocycles. The number of benzene rings is 9. The molecular formula is C57H39N5. The third kappa shape index (κ3) is 7.01. The van der Waals surface area contributed by atoms with Crippen molar-refractivity contribution in [1.29, 1.82) is 0 Å². The molecular weight excluding hydrogens is 755 g/mol. The largest absolute Gasteiger partial charge is 0.359 e. The van der Waals surface area contributed by atoms with Crippen LogP contribution in [0.2, 0.25) is 0 Å². The van der Waals surface area contributed by atoms with E-state index < -0.39 is 0 Å². The molecule has 0 spiro atoms. The van der Waals surface area contributed by atoms with Gasteiger partial charge in [0.15, 0.2) is 17.5 Å². The molecule has 1 aromatic heterocycles. The van der Waals surface area contributed by atoms with Crippen LogP contribution in [0.4, 0.5) is 0 Å². The van der Waals surface area contributed by atoms with Crippen LogP contribution >= 0.6 is 0 Å². The summed E-state index contributed by atoms with van der Waals surface area (Å²) in [6, 6.07) is 76.0. The van der Waals surface area contributed by atoms with Gasteiger partial charge in [-0.1, -0.05) is 218 Å². The van der Waals surface area contributed by atoms with E-state index in [0.29, 0.717) is 17.5 Å². The maximum Gasteiger partial charge on any atom is 0.164 e. The highest BCUT2D eigenvalue weighted by Crippen LogP contribution is 2.42. The van der Waals surface area contributed by atoms with Crippen LogP contribution < -0.4 is 5.32 Å². The first-order chi connectivity index (χ1) is 30.7. The van der Waals surface area contributed by atoms with Crippen LogP contribution in [-0.4, -0.2) is 20.8 Å². The Morgan fingerprint density at radius 1 is 0.339 bits per heavy atom. The summed E-state index contributed by atoms with van der Waals surface area (Å²) in [5, 5.41) is 8.60. The molecule has 0 aliphatic carbocycles. The second-order valence-corrected chi connectivity index (χ2v) is 15.4. The topological polar surface area (TPSA) is 63.1 Å². The van der Waals surface area contributed by atoms with E-state index in [1.54, 1.807) is 0 Å². The van der Waals surface area contributed by atoms with E-state index in [1.165, 1.54) is 27.5 Å². The molecule has 5 heteroatoms. The molecule has 5 nitrogen and oxygen atoms in total. The molecule has 11 rings (SSSR count). The van der Waals surface area contributed by atoms with Gasteiger partial charge >= 0.3 is 0 Å². The molecule has 1 N–H and O–H groups in total. The molecule has 1 atom stereocenters. The van der Waals surface area contributed by atoms with E-state index in [0.717, 1.165) is 61.2 Å². The van der Waals surface area contributed by atoms with Crippen LogP contribution in [0, 0.1) is 0 Å². The highest BCUT2D eigenvalue weighted by Gasteiger charge is 2.26. The van der Waals surface area contributed by atoms with Gasteiger partial charge in [-0.2, -0.15) is 0 Å². The molecule has 9 aromatic carbocycles. The Balaban J connectivity index is 1.08. The van der Waals surface area contributed by atoms with Crippen molar-refractivity contribution in [3.63, 3.8) is 0 Å². The Bertz CT molecular complexity index is 3230. The number of rotatable bonds is 8. The number of nitrogens with one attached hydrogen (secondary N) is 1. The fourth-order valence-corrected chi connectivity index (χ4v) is 8.61. The Morgan fingerprint density at radius 3 is 1.35 bits per heavy atom. The fraction of sp³-hybridized carbons (Fsp3) is 0.0175. The van der Waals surface area contributed by atoms with Crippen molar-refractivity contribution in [3.8, 4) is 56.4 Å². The standard InChI is InChI=1S/C57H39N5/c1-5-17-38(18-6-1)48-35-33-40-20-14-16-28-47(40)53(48)51-37-50(58-54(59-51)42-21-7-2-8-22-42)49-36-34-39-19-13-15-27-46(39)52(49)41-29-31-45(32-30-41)57-61-55(43-23-9-3-10-24-43)60-56(62-57)44-25-11-4-12-26-44/h1-37,51H,(H,58,59). The molecule has 10 aromatic rings. The number of aromatic nitrogens is 3. The van der Waals surface area contributed by atoms with Gasteiger partial charge in [-0.25, -0.2) is 19.9 Å². The summed E-state index contributed by atoms with van der Waals surface area (Å²) in [7, 11) is 0. The van der Waals surface area contributed by atoms with Crippen molar-refractivity contribution >= 4 is 33.1 Å². The first kappa shape index (κ1) is 36.8. The number of aliphatic imine (C=N–C) groups is 1.